The van der Waals surface area contributed by atoms with E-state index >= 15 is 0 Å². The summed E-state index contributed by atoms with van der Waals surface area (Å²) in [5.74, 6) is 0.417. The Hall–Kier alpha value is -1.30. The molecule has 1 amide bonds. The second-order valence-electron chi connectivity index (χ2n) is 5.72. The number of piperidine rings is 1. The number of thiazole rings is 1. The van der Waals surface area contributed by atoms with Crippen molar-refractivity contribution in [2.45, 2.75) is 59.0 Å². The van der Waals surface area contributed by atoms with Crippen molar-refractivity contribution in [3.8, 4) is 0 Å². The van der Waals surface area contributed by atoms with Crippen LogP contribution in [0.5, 0.6) is 0 Å². The third kappa shape index (κ3) is 3.15. The molecule has 118 valence electrons. The van der Waals surface area contributed by atoms with Crippen molar-refractivity contribution in [3.63, 3.8) is 0 Å². The zero-order chi connectivity index (χ0) is 15.6. The average Bonchev–Trinajstić information content (AvgIpc) is 2.82. The van der Waals surface area contributed by atoms with Crippen LogP contribution in [0.4, 0.5) is 10.9 Å². The largest absolute Gasteiger partial charge is 0.382 e. The van der Waals surface area contributed by atoms with Gasteiger partial charge in [-0.05, 0) is 47.0 Å². The smallest absolute Gasteiger partial charge is 0.268 e. The highest BCUT2D eigenvalue weighted by atomic mass is 32.1. The van der Waals surface area contributed by atoms with Crippen LogP contribution in [0, 0.1) is 0 Å². The van der Waals surface area contributed by atoms with Crippen LogP contribution in [0.2, 0.25) is 0 Å². The van der Waals surface area contributed by atoms with Crippen LogP contribution in [0.25, 0.3) is 0 Å². The lowest BCUT2D eigenvalue weighted by molar-refractivity contribution is 0.0516. The fourth-order valence-electron chi connectivity index (χ4n) is 3.04. The topological polar surface area (TPSA) is 62.5 Å². The van der Waals surface area contributed by atoms with Gasteiger partial charge in [-0.25, -0.2) is 4.98 Å². The van der Waals surface area contributed by atoms with E-state index in [1.807, 2.05) is 4.90 Å². The van der Waals surface area contributed by atoms with Crippen molar-refractivity contribution in [2.24, 2.45) is 0 Å². The summed E-state index contributed by atoms with van der Waals surface area (Å²) in [6.45, 7) is 10.1. The van der Waals surface area contributed by atoms with E-state index in [2.05, 4.69) is 37.6 Å². The maximum absolute atomic E-state index is 12.9. The Bertz CT molecular complexity index is 488. The van der Waals surface area contributed by atoms with Crippen LogP contribution < -0.4 is 10.6 Å². The highest BCUT2D eigenvalue weighted by molar-refractivity contribution is 7.18. The predicted molar refractivity (Wildman–Crippen MR) is 89.0 cm³/mol. The highest BCUT2D eigenvalue weighted by Crippen LogP contribution is 2.32. The zero-order valence-corrected chi connectivity index (χ0v) is 14.2. The Balaban J connectivity index is 2.26. The molecule has 21 heavy (non-hydrogen) atoms. The second-order valence-corrected chi connectivity index (χ2v) is 6.70. The number of nitrogen functional groups attached to an aromatic ring is 1. The number of rotatable bonds is 4. The number of aromatic nitrogens is 1. The van der Waals surface area contributed by atoms with E-state index < -0.39 is 0 Å². The van der Waals surface area contributed by atoms with Gasteiger partial charge in [0.15, 0.2) is 5.13 Å². The number of anilines is 2. The van der Waals surface area contributed by atoms with Crippen LogP contribution in [-0.4, -0.2) is 41.0 Å². The zero-order valence-electron chi connectivity index (χ0n) is 13.4. The maximum atomic E-state index is 12.9. The first kappa shape index (κ1) is 16.1. The molecule has 5 nitrogen and oxygen atoms in total. The summed E-state index contributed by atoms with van der Waals surface area (Å²) in [6.07, 6.45) is 3.32. The van der Waals surface area contributed by atoms with Crippen LogP contribution in [0.1, 0.15) is 56.6 Å². The van der Waals surface area contributed by atoms with E-state index in [9.17, 15) is 4.79 Å². The molecule has 2 rings (SSSR count). The molecule has 2 N–H and O–H groups in total. The number of hydrogen-bond donors (Lipinski definition) is 1. The molecule has 6 heteroatoms. The van der Waals surface area contributed by atoms with Crippen molar-refractivity contribution >= 4 is 28.2 Å². The van der Waals surface area contributed by atoms with E-state index in [1.54, 1.807) is 0 Å². The van der Waals surface area contributed by atoms with Gasteiger partial charge in [0, 0.05) is 25.2 Å². The summed E-state index contributed by atoms with van der Waals surface area (Å²) in [5, 5.41) is 0.846. The molecule has 1 aromatic rings. The quantitative estimate of drug-likeness (QED) is 0.928. The Kier molecular flexibility index (Phi) is 5.08. The molecule has 0 spiro atoms. The van der Waals surface area contributed by atoms with E-state index in [1.165, 1.54) is 17.8 Å². The van der Waals surface area contributed by atoms with Crippen molar-refractivity contribution in [1.29, 1.82) is 0 Å². The first-order valence-corrected chi connectivity index (χ1v) is 8.65. The molecule has 1 aliphatic heterocycles. The Labute approximate surface area is 131 Å². The minimum atomic E-state index is 0.0445. The molecule has 0 bridgehead atoms. The molecule has 1 aromatic heterocycles. The molecular weight excluding hydrogens is 284 g/mol. The predicted octanol–water partition coefficient (Wildman–Crippen LogP) is 2.97. The van der Waals surface area contributed by atoms with Crippen LogP contribution >= 0.6 is 11.3 Å². The van der Waals surface area contributed by atoms with Crippen molar-refractivity contribution < 1.29 is 4.79 Å². The summed E-state index contributed by atoms with van der Waals surface area (Å²) in [6, 6.07) is 0.555. The summed E-state index contributed by atoms with van der Waals surface area (Å²) >= 11 is 1.42. The Morgan fingerprint density at radius 2 is 1.90 bits per heavy atom. The minimum absolute atomic E-state index is 0.0445. The van der Waals surface area contributed by atoms with Crippen molar-refractivity contribution in [3.05, 3.63) is 4.88 Å². The van der Waals surface area contributed by atoms with E-state index in [0.29, 0.717) is 10.7 Å². The first-order valence-electron chi connectivity index (χ1n) is 7.83. The summed E-state index contributed by atoms with van der Waals surface area (Å²) in [5.41, 5.74) is 6.01. The van der Waals surface area contributed by atoms with Gasteiger partial charge in [0.2, 0.25) is 0 Å². The summed E-state index contributed by atoms with van der Waals surface area (Å²) in [4.78, 5) is 22.0. The second kappa shape index (κ2) is 6.64. The highest BCUT2D eigenvalue weighted by Gasteiger charge is 2.32. The fourth-order valence-corrected chi connectivity index (χ4v) is 4.10. The molecule has 1 fully saturated rings. The van der Waals surface area contributed by atoms with Crippen molar-refractivity contribution in [1.82, 2.24) is 9.88 Å². The molecule has 0 saturated carbocycles. The van der Waals surface area contributed by atoms with Gasteiger partial charge in [-0.3, -0.25) is 4.79 Å². The normalized spacial score (nSPS) is 22.4. The number of likely N-dealkylation sites (tertiary alicyclic amines) is 1. The third-order valence-corrected chi connectivity index (χ3v) is 5.42. The Morgan fingerprint density at radius 3 is 2.43 bits per heavy atom. The average molecular weight is 310 g/mol. The van der Waals surface area contributed by atoms with Gasteiger partial charge in [-0.2, -0.15) is 0 Å². The molecule has 0 aliphatic carbocycles. The van der Waals surface area contributed by atoms with Crippen LogP contribution in [-0.2, 0) is 0 Å². The lowest BCUT2D eigenvalue weighted by Crippen LogP contribution is -2.47. The maximum Gasteiger partial charge on any atom is 0.268 e. The molecule has 1 aliphatic rings. The molecule has 2 heterocycles. The Morgan fingerprint density at radius 1 is 1.33 bits per heavy atom. The molecule has 0 radical (unpaired) electrons. The number of carbonyl (C=O) groups excluding carboxylic acids is 1. The minimum Gasteiger partial charge on any atom is -0.382 e. The number of carbonyl (C=O) groups is 1. The lowest BCUT2D eigenvalue weighted by atomic mass is 9.97. The lowest BCUT2D eigenvalue weighted by Gasteiger charge is -2.38. The van der Waals surface area contributed by atoms with Gasteiger partial charge in [0.05, 0.1) is 0 Å². The van der Waals surface area contributed by atoms with Gasteiger partial charge in [0.1, 0.15) is 10.7 Å². The van der Waals surface area contributed by atoms with Gasteiger partial charge in [0.25, 0.3) is 5.91 Å². The molecular formula is C15H26N4OS. The summed E-state index contributed by atoms with van der Waals surface area (Å²) in [7, 11) is 0. The SMILES string of the molecule is CCN(CC)c1nc(N)c(C(=O)N2[C@H](C)CCC[C@@H]2C)s1. The number of nitrogens with zero attached hydrogens (tertiary/aromatic N) is 3. The van der Waals surface area contributed by atoms with Crippen LogP contribution in [0.15, 0.2) is 0 Å². The van der Waals surface area contributed by atoms with Crippen molar-refractivity contribution in [2.75, 3.05) is 23.7 Å². The van der Waals surface area contributed by atoms with Gasteiger partial charge >= 0.3 is 0 Å². The number of amides is 1. The van der Waals surface area contributed by atoms with Crippen LogP contribution in [0.3, 0.4) is 0 Å². The third-order valence-electron chi connectivity index (χ3n) is 4.30. The number of hydrogen-bond acceptors (Lipinski definition) is 5. The van der Waals surface area contributed by atoms with E-state index in [4.69, 9.17) is 5.73 Å². The van der Waals surface area contributed by atoms with E-state index in [0.717, 1.165) is 31.1 Å². The van der Waals surface area contributed by atoms with Gasteiger partial charge < -0.3 is 15.5 Å². The summed E-state index contributed by atoms with van der Waals surface area (Å²) < 4.78 is 0. The number of nitrogens with two attached hydrogens (primary N) is 1. The molecule has 0 unspecified atom stereocenters. The monoisotopic (exact) mass is 310 g/mol. The van der Waals surface area contributed by atoms with E-state index in [-0.39, 0.29) is 18.0 Å². The molecule has 2 atom stereocenters. The fraction of sp³-hybridized carbons (Fsp3) is 0.733. The van der Waals surface area contributed by atoms with Gasteiger partial charge in [-0.1, -0.05) is 11.3 Å². The standard InChI is InChI=1S/C15H26N4OS/c1-5-18(6-2)15-17-13(16)12(21-15)14(20)19-10(3)8-7-9-11(19)4/h10-11H,5-9,16H2,1-4H3/t10-,11+. The molecule has 0 aromatic carbocycles. The molecule has 1 saturated heterocycles. The first-order chi connectivity index (χ1) is 9.99. The van der Waals surface area contributed by atoms with Gasteiger partial charge in [-0.15, -0.1) is 0 Å².